The van der Waals surface area contributed by atoms with E-state index in [1.165, 1.54) is 24.4 Å². The van der Waals surface area contributed by atoms with Gasteiger partial charge in [-0.15, -0.1) is 0 Å². The van der Waals surface area contributed by atoms with Crippen molar-refractivity contribution in [2.75, 3.05) is 17.2 Å². The fourth-order valence-corrected chi connectivity index (χ4v) is 2.88. The lowest BCUT2D eigenvalue weighted by Crippen LogP contribution is -2.27. The first-order chi connectivity index (χ1) is 14.8. The van der Waals surface area contributed by atoms with Crippen LogP contribution in [-0.2, 0) is 4.79 Å². The highest BCUT2D eigenvalue weighted by molar-refractivity contribution is 9.18. The molecule has 1 aromatic heterocycles. The van der Waals surface area contributed by atoms with Crippen LogP contribution in [0.15, 0.2) is 42.2 Å². The zero-order valence-electron chi connectivity index (χ0n) is 16.1. The summed E-state index contributed by atoms with van der Waals surface area (Å²) in [6.07, 6.45) is 2.68. The summed E-state index contributed by atoms with van der Waals surface area (Å²) in [6.45, 7) is 1.38. The first-order valence-electron chi connectivity index (χ1n) is 8.61. The molecule has 4 N–H and O–H groups in total. The van der Waals surface area contributed by atoms with Crippen molar-refractivity contribution in [1.29, 1.82) is 15.9 Å². The number of carbonyl (C=O) groups excluding carboxylic acids is 2. The number of carbonyl (C=O) groups is 2. The van der Waals surface area contributed by atoms with Crippen LogP contribution >= 0.6 is 27.5 Å². The predicted molar refractivity (Wildman–Crippen MR) is 120 cm³/mol. The van der Waals surface area contributed by atoms with Gasteiger partial charge < -0.3 is 16.0 Å². The van der Waals surface area contributed by atoms with Crippen molar-refractivity contribution in [2.24, 2.45) is 0 Å². The van der Waals surface area contributed by atoms with Crippen molar-refractivity contribution < 1.29 is 9.59 Å². The third-order valence-corrected chi connectivity index (χ3v) is 4.34. The van der Waals surface area contributed by atoms with E-state index < -0.39 is 11.8 Å². The highest BCUT2D eigenvalue weighted by atomic mass is 79.9. The van der Waals surface area contributed by atoms with E-state index in [9.17, 15) is 14.9 Å². The van der Waals surface area contributed by atoms with Gasteiger partial charge in [0.25, 0.3) is 11.8 Å². The van der Waals surface area contributed by atoms with Crippen molar-refractivity contribution in [1.82, 2.24) is 10.3 Å². The standard InChI is InChI=1S/C20H15BrClN7O2/c1-11-7-12(10-24)8-13(19(30)27-6-4-23)17(11)29-20(31)15(9-16(21)25)28-18-14(22)3-2-5-26-18/h2-3,5,7-9,25H,6H2,1H3,(H,26,28)(H,27,30)(H,29,31)/b15-9-,25-16?. The minimum absolute atomic E-state index is 0.0179. The molecule has 0 radical (unpaired) electrons. The predicted octanol–water partition coefficient (Wildman–Crippen LogP) is 3.48. The summed E-state index contributed by atoms with van der Waals surface area (Å²) in [5.41, 5.74) is 0.770. The van der Waals surface area contributed by atoms with Crippen LogP contribution in [0.3, 0.4) is 0 Å². The number of nitriles is 2. The molecule has 9 nitrogen and oxygen atoms in total. The summed E-state index contributed by atoms with van der Waals surface area (Å²) in [4.78, 5) is 29.5. The molecule has 0 aliphatic heterocycles. The molecule has 31 heavy (non-hydrogen) atoms. The van der Waals surface area contributed by atoms with E-state index in [1.807, 2.05) is 6.07 Å². The van der Waals surface area contributed by atoms with Gasteiger partial charge in [-0.05, 0) is 58.8 Å². The number of allylic oxidation sites excluding steroid dienone is 1. The zero-order valence-corrected chi connectivity index (χ0v) is 18.4. The Labute approximate surface area is 191 Å². The van der Waals surface area contributed by atoms with Gasteiger partial charge in [0, 0.05) is 6.20 Å². The molecule has 2 aromatic rings. The lowest BCUT2D eigenvalue weighted by Gasteiger charge is -2.16. The van der Waals surface area contributed by atoms with Crippen molar-refractivity contribution >= 4 is 55.5 Å². The Morgan fingerprint density at radius 3 is 2.68 bits per heavy atom. The number of rotatable bonds is 7. The topological polar surface area (TPSA) is 155 Å². The number of anilines is 2. The fourth-order valence-electron chi connectivity index (χ4n) is 2.48. The molecule has 0 atom stereocenters. The molecule has 0 saturated carbocycles. The van der Waals surface area contributed by atoms with Crippen LogP contribution in [0.2, 0.25) is 5.02 Å². The molecular formula is C20H15BrClN7O2. The Morgan fingerprint density at radius 1 is 1.32 bits per heavy atom. The second-order valence-corrected chi connectivity index (χ2v) is 7.25. The number of halogens is 2. The van der Waals surface area contributed by atoms with Crippen LogP contribution in [-0.4, -0.2) is 28.0 Å². The van der Waals surface area contributed by atoms with Crippen LogP contribution in [0, 0.1) is 35.0 Å². The van der Waals surface area contributed by atoms with Gasteiger partial charge in [-0.3, -0.25) is 15.0 Å². The van der Waals surface area contributed by atoms with E-state index in [4.69, 9.17) is 22.3 Å². The van der Waals surface area contributed by atoms with Crippen molar-refractivity contribution in [3.8, 4) is 12.1 Å². The molecule has 0 fully saturated rings. The second-order valence-electron chi connectivity index (χ2n) is 5.99. The lowest BCUT2D eigenvalue weighted by molar-refractivity contribution is -0.112. The molecule has 0 aliphatic carbocycles. The maximum Gasteiger partial charge on any atom is 0.272 e. The Morgan fingerprint density at radius 2 is 2.06 bits per heavy atom. The quantitative estimate of drug-likeness (QED) is 0.259. The number of hydrogen-bond donors (Lipinski definition) is 4. The van der Waals surface area contributed by atoms with E-state index in [0.717, 1.165) is 0 Å². The maximum absolute atomic E-state index is 13.0. The van der Waals surface area contributed by atoms with E-state index in [1.54, 1.807) is 25.1 Å². The van der Waals surface area contributed by atoms with Gasteiger partial charge in [0.1, 0.15) is 18.1 Å². The van der Waals surface area contributed by atoms with Crippen molar-refractivity contribution in [3.63, 3.8) is 0 Å². The molecule has 2 amide bonds. The van der Waals surface area contributed by atoms with E-state index >= 15 is 0 Å². The number of pyridine rings is 1. The number of aromatic nitrogens is 1. The molecule has 0 unspecified atom stereocenters. The zero-order chi connectivity index (χ0) is 23.0. The van der Waals surface area contributed by atoms with Crippen LogP contribution in [0.5, 0.6) is 0 Å². The van der Waals surface area contributed by atoms with Gasteiger partial charge in [0.15, 0.2) is 0 Å². The summed E-state index contributed by atoms with van der Waals surface area (Å²) in [7, 11) is 0. The average molecular weight is 501 g/mol. The second kappa shape index (κ2) is 10.9. The average Bonchev–Trinajstić information content (AvgIpc) is 2.73. The van der Waals surface area contributed by atoms with E-state index in [0.29, 0.717) is 5.56 Å². The molecule has 0 saturated heterocycles. The lowest BCUT2D eigenvalue weighted by atomic mass is 10.0. The van der Waals surface area contributed by atoms with E-state index in [-0.39, 0.29) is 44.5 Å². The van der Waals surface area contributed by atoms with Crippen molar-refractivity contribution in [3.05, 3.63) is 63.9 Å². The van der Waals surface area contributed by atoms with Gasteiger partial charge in [-0.1, -0.05) is 11.6 Å². The van der Waals surface area contributed by atoms with Gasteiger partial charge in [-0.25, -0.2) is 4.98 Å². The van der Waals surface area contributed by atoms with Crippen LogP contribution in [0.25, 0.3) is 0 Å². The molecule has 0 spiro atoms. The minimum atomic E-state index is -0.687. The summed E-state index contributed by atoms with van der Waals surface area (Å²) in [6, 6.07) is 9.76. The third kappa shape index (κ3) is 6.37. The van der Waals surface area contributed by atoms with Crippen molar-refractivity contribution in [2.45, 2.75) is 6.92 Å². The number of amides is 2. The van der Waals surface area contributed by atoms with Gasteiger partial charge in [0.2, 0.25) is 0 Å². The number of hydrogen-bond acceptors (Lipinski definition) is 7. The highest BCUT2D eigenvalue weighted by Gasteiger charge is 2.20. The molecule has 11 heteroatoms. The number of nitrogens with zero attached hydrogens (tertiary/aromatic N) is 3. The fraction of sp³-hybridized carbons (Fsp3) is 0.100. The number of nitrogens with one attached hydrogen (secondary N) is 4. The van der Waals surface area contributed by atoms with E-state index in [2.05, 4.69) is 36.9 Å². The molecule has 1 heterocycles. The monoisotopic (exact) mass is 499 g/mol. The molecule has 2 rings (SSSR count). The smallest absolute Gasteiger partial charge is 0.272 e. The summed E-state index contributed by atoms with van der Waals surface area (Å²) in [5.74, 6) is -1.12. The largest absolute Gasteiger partial charge is 0.339 e. The Kier molecular flexibility index (Phi) is 8.26. The maximum atomic E-state index is 13.0. The molecular weight excluding hydrogens is 486 g/mol. The summed E-state index contributed by atoms with van der Waals surface area (Å²) >= 11 is 9.05. The van der Waals surface area contributed by atoms with Crippen LogP contribution in [0.1, 0.15) is 21.5 Å². The SMILES string of the molecule is Cc1cc(C#N)cc(C(=O)NCC#N)c1NC(=O)/C(=C/C(=N)Br)Nc1ncccc1Cl. The number of aryl methyl sites for hydroxylation is 1. The third-order valence-electron chi connectivity index (χ3n) is 3.80. The van der Waals surface area contributed by atoms with Gasteiger partial charge in [-0.2, -0.15) is 10.5 Å². The number of benzene rings is 1. The summed E-state index contributed by atoms with van der Waals surface area (Å²) < 4.78 is -0.0965. The highest BCUT2D eigenvalue weighted by Crippen LogP contribution is 2.25. The molecule has 1 aromatic carbocycles. The first kappa shape index (κ1) is 23.5. The minimum Gasteiger partial charge on any atom is -0.339 e. The normalized spacial score (nSPS) is 10.4. The summed E-state index contributed by atoms with van der Waals surface area (Å²) in [5, 5.41) is 33.6. The Hall–Kier alpha value is -3.73. The first-order valence-corrected chi connectivity index (χ1v) is 9.78. The van der Waals surface area contributed by atoms with Gasteiger partial charge in [0.05, 0.1) is 38.6 Å². The molecule has 0 bridgehead atoms. The van der Waals surface area contributed by atoms with Crippen LogP contribution < -0.4 is 16.0 Å². The Balaban J connectivity index is 2.44. The van der Waals surface area contributed by atoms with Gasteiger partial charge >= 0.3 is 0 Å². The molecule has 156 valence electrons. The van der Waals surface area contributed by atoms with Crippen LogP contribution in [0.4, 0.5) is 11.5 Å². The Bertz CT molecular complexity index is 1170. The molecule has 0 aliphatic rings.